The van der Waals surface area contributed by atoms with E-state index < -0.39 is 5.92 Å². The molecule has 19 heavy (non-hydrogen) atoms. The van der Waals surface area contributed by atoms with Gasteiger partial charge in [0.15, 0.2) is 5.82 Å². The van der Waals surface area contributed by atoms with Crippen molar-refractivity contribution in [2.75, 3.05) is 19.8 Å². The molecule has 0 radical (unpaired) electrons. The molecule has 0 aromatic carbocycles. The molecule has 1 saturated carbocycles. The second kappa shape index (κ2) is 5.13. The van der Waals surface area contributed by atoms with Crippen LogP contribution in [0.1, 0.15) is 49.4 Å². The van der Waals surface area contributed by atoms with Crippen LogP contribution < -0.4 is 5.32 Å². The Morgan fingerprint density at radius 3 is 2.74 bits per heavy atom. The topological polar surface area (TPSA) is 60.2 Å². The summed E-state index contributed by atoms with van der Waals surface area (Å²) in [5.74, 6) is -1.52. The Balaban J connectivity index is 1.64. The van der Waals surface area contributed by atoms with Crippen molar-refractivity contribution in [3.05, 3.63) is 11.7 Å². The molecule has 1 aliphatic carbocycles. The second-order valence-electron chi connectivity index (χ2n) is 5.20. The molecule has 7 heteroatoms. The lowest BCUT2D eigenvalue weighted by molar-refractivity contribution is -0.0402. The number of morpholine rings is 1. The van der Waals surface area contributed by atoms with Crippen LogP contribution in [0.15, 0.2) is 4.52 Å². The molecule has 1 aromatic rings. The van der Waals surface area contributed by atoms with Gasteiger partial charge in [0.2, 0.25) is 11.8 Å². The van der Waals surface area contributed by atoms with Crippen molar-refractivity contribution in [1.82, 2.24) is 15.5 Å². The Bertz CT molecular complexity index is 422. The molecule has 2 heterocycles. The summed E-state index contributed by atoms with van der Waals surface area (Å²) in [4.78, 5) is 4.34. The van der Waals surface area contributed by atoms with Gasteiger partial charge in [0.05, 0.1) is 19.3 Å². The van der Waals surface area contributed by atoms with E-state index in [0.29, 0.717) is 37.8 Å². The van der Waals surface area contributed by atoms with Crippen molar-refractivity contribution < 1.29 is 18.0 Å². The lowest BCUT2D eigenvalue weighted by Crippen LogP contribution is -2.35. The van der Waals surface area contributed by atoms with Crippen molar-refractivity contribution in [2.24, 2.45) is 0 Å². The summed E-state index contributed by atoms with van der Waals surface area (Å²) in [5, 5.41) is 7.17. The first kappa shape index (κ1) is 12.9. The van der Waals surface area contributed by atoms with Crippen LogP contribution in [0.25, 0.3) is 0 Å². The summed E-state index contributed by atoms with van der Waals surface area (Å²) >= 11 is 0. The van der Waals surface area contributed by atoms with Gasteiger partial charge in [-0.3, -0.25) is 0 Å². The van der Waals surface area contributed by atoms with Crippen molar-refractivity contribution in [2.45, 2.75) is 43.6 Å². The van der Waals surface area contributed by atoms with Gasteiger partial charge >= 0.3 is 0 Å². The van der Waals surface area contributed by atoms with E-state index >= 15 is 0 Å². The largest absolute Gasteiger partial charge is 0.378 e. The maximum absolute atomic E-state index is 13.1. The minimum Gasteiger partial charge on any atom is -0.378 e. The van der Waals surface area contributed by atoms with Gasteiger partial charge in [-0.2, -0.15) is 4.98 Å². The molecule has 106 valence electrons. The van der Waals surface area contributed by atoms with Gasteiger partial charge in [0, 0.05) is 25.3 Å². The van der Waals surface area contributed by atoms with Crippen molar-refractivity contribution in [3.63, 3.8) is 0 Å². The van der Waals surface area contributed by atoms with E-state index in [1.165, 1.54) is 0 Å². The summed E-state index contributed by atoms with van der Waals surface area (Å²) < 4.78 is 36.8. The zero-order valence-electron chi connectivity index (χ0n) is 10.6. The van der Waals surface area contributed by atoms with Crippen LogP contribution in [-0.2, 0) is 4.74 Å². The van der Waals surface area contributed by atoms with E-state index in [9.17, 15) is 8.78 Å². The van der Waals surface area contributed by atoms with Gasteiger partial charge in [0.25, 0.3) is 0 Å². The molecule has 1 aliphatic heterocycles. The average Bonchev–Trinajstić information content (AvgIpc) is 2.89. The van der Waals surface area contributed by atoms with E-state index in [1.54, 1.807) is 0 Å². The van der Waals surface area contributed by atoms with E-state index in [2.05, 4.69) is 15.5 Å². The standard InChI is InChI=1S/C12H17F2N3O2/c13-12(14)3-1-8(2-4-12)11-16-10(17-19-11)9-7-18-6-5-15-9/h8-9,15H,1-7H2. The summed E-state index contributed by atoms with van der Waals surface area (Å²) in [5.41, 5.74) is 0. The molecule has 5 nitrogen and oxygen atoms in total. The van der Waals surface area contributed by atoms with Crippen LogP contribution in [0.5, 0.6) is 0 Å². The summed E-state index contributed by atoms with van der Waals surface area (Å²) in [6.07, 6.45) is 0.618. The Labute approximate surface area is 109 Å². The molecule has 1 N–H and O–H groups in total. The Morgan fingerprint density at radius 2 is 2.05 bits per heavy atom. The highest BCUT2D eigenvalue weighted by Gasteiger charge is 2.37. The average molecular weight is 273 g/mol. The highest BCUT2D eigenvalue weighted by molar-refractivity contribution is 5.01. The highest BCUT2D eigenvalue weighted by Crippen LogP contribution is 2.40. The summed E-state index contributed by atoms with van der Waals surface area (Å²) in [6, 6.07) is -0.0590. The Hall–Kier alpha value is -1.08. The Morgan fingerprint density at radius 1 is 1.26 bits per heavy atom. The Kier molecular flexibility index (Phi) is 3.49. The first-order chi connectivity index (χ1) is 9.14. The SMILES string of the molecule is FC1(F)CCC(c2nc(C3COCCN3)no2)CC1. The van der Waals surface area contributed by atoms with Crippen LogP contribution >= 0.6 is 0 Å². The van der Waals surface area contributed by atoms with Crippen LogP contribution in [0.4, 0.5) is 8.78 Å². The zero-order chi connectivity index (χ0) is 13.3. The third-order valence-electron chi connectivity index (χ3n) is 3.76. The quantitative estimate of drug-likeness (QED) is 0.893. The van der Waals surface area contributed by atoms with Gasteiger partial charge in [-0.25, -0.2) is 8.78 Å². The fourth-order valence-corrected chi connectivity index (χ4v) is 2.57. The third-order valence-corrected chi connectivity index (χ3v) is 3.76. The molecular formula is C12H17F2N3O2. The molecule has 1 aromatic heterocycles. The lowest BCUT2D eigenvalue weighted by atomic mass is 9.87. The van der Waals surface area contributed by atoms with E-state index in [4.69, 9.17) is 9.26 Å². The van der Waals surface area contributed by atoms with Gasteiger partial charge in [-0.15, -0.1) is 0 Å². The predicted octanol–water partition coefficient (Wildman–Crippen LogP) is 2.02. The molecule has 2 fully saturated rings. The fourth-order valence-electron chi connectivity index (χ4n) is 2.57. The molecule has 1 atom stereocenters. The molecule has 0 bridgehead atoms. The molecule has 0 amide bonds. The van der Waals surface area contributed by atoms with Crippen LogP contribution in [-0.4, -0.2) is 35.8 Å². The summed E-state index contributed by atoms with van der Waals surface area (Å²) in [6.45, 7) is 1.95. The minimum absolute atomic E-state index is 0.0367. The minimum atomic E-state index is -2.53. The summed E-state index contributed by atoms with van der Waals surface area (Å²) in [7, 11) is 0. The fraction of sp³-hybridized carbons (Fsp3) is 0.833. The zero-order valence-corrected chi connectivity index (χ0v) is 10.6. The second-order valence-corrected chi connectivity index (χ2v) is 5.20. The molecule has 2 aliphatic rings. The number of ether oxygens (including phenoxy) is 1. The van der Waals surface area contributed by atoms with Crippen molar-refractivity contribution in [3.8, 4) is 0 Å². The van der Waals surface area contributed by atoms with Crippen LogP contribution in [0.2, 0.25) is 0 Å². The molecular weight excluding hydrogens is 256 g/mol. The maximum atomic E-state index is 13.1. The number of halogens is 2. The normalized spacial score (nSPS) is 28.4. The number of nitrogens with one attached hydrogen (secondary N) is 1. The van der Waals surface area contributed by atoms with Gasteiger partial charge in [-0.1, -0.05) is 5.16 Å². The number of nitrogens with zero attached hydrogens (tertiary/aromatic N) is 2. The number of rotatable bonds is 2. The van der Waals surface area contributed by atoms with Gasteiger partial charge in [-0.05, 0) is 12.8 Å². The van der Waals surface area contributed by atoms with Crippen molar-refractivity contribution >= 4 is 0 Å². The van der Waals surface area contributed by atoms with E-state index in [-0.39, 0.29) is 24.8 Å². The smallest absolute Gasteiger partial charge is 0.248 e. The van der Waals surface area contributed by atoms with Gasteiger partial charge in [0.1, 0.15) is 0 Å². The first-order valence-corrected chi connectivity index (χ1v) is 6.66. The lowest BCUT2D eigenvalue weighted by Gasteiger charge is -2.25. The van der Waals surface area contributed by atoms with E-state index in [1.807, 2.05) is 0 Å². The predicted molar refractivity (Wildman–Crippen MR) is 62.0 cm³/mol. The molecule has 1 unspecified atom stereocenters. The van der Waals surface area contributed by atoms with Gasteiger partial charge < -0.3 is 14.6 Å². The monoisotopic (exact) mass is 273 g/mol. The number of aromatic nitrogens is 2. The number of hydrogen-bond donors (Lipinski definition) is 1. The maximum Gasteiger partial charge on any atom is 0.248 e. The molecule has 0 spiro atoms. The molecule has 3 rings (SSSR count). The van der Waals surface area contributed by atoms with Crippen LogP contribution in [0, 0.1) is 0 Å². The third kappa shape index (κ3) is 2.92. The van der Waals surface area contributed by atoms with E-state index in [0.717, 1.165) is 6.54 Å². The molecule has 1 saturated heterocycles. The number of hydrogen-bond acceptors (Lipinski definition) is 5. The number of alkyl halides is 2. The van der Waals surface area contributed by atoms with Crippen molar-refractivity contribution in [1.29, 1.82) is 0 Å². The highest BCUT2D eigenvalue weighted by atomic mass is 19.3. The first-order valence-electron chi connectivity index (χ1n) is 6.66. The van der Waals surface area contributed by atoms with Crippen LogP contribution in [0.3, 0.4) is 0 Å².